The summed E-state index contributed by atoms with van der Waals surface area (Å²) >= 11 is 0. The molecule has 1 fully saturated rings. The molecule has 1 amide bonds. The van der Waals surface area contributed by atoms with Crippen molar-refractivity contribution in [2.24, 2.45) is 5.92 Å². The van der Waals surface area contributed by atoms with Gasteiger partial charge in [-0.1, -0.05) is 6.07 Å². The topological polar surface area (TPSA) is 38.3 Å². The summed E-state index contributed by atoms with van der Waals surface area (Å²) in [6.07, 6.45) is 2.36. The molecule has 0 saturated heterocycles. The van der Waals surface area contributed by atoms with Crippen LogP contribution in [0.4, 0.5) is 4.39 Å². The van der Waals surface area contributed by atoms with Gasteiger partial charge in [0.2, 0.25) is 5.91 Å². The van der Waals surface area contributed by atoms with Crippen LogP contribution < -0.4 is 10.1 Å². The van der Waals surface area contributed by atoms with Gasteiger partial charge in [-0.3, -0.25) is 4.79 Å². The predicted octanol–water partition coefficient (Wildman–Crippen LogP) is 2.81. The van der Waals surface area contributed by atoms with Crippen LogP contribution >= 0.6 is 0 Å². The van der Waals surface area contributed by atoms with Crippen LogP contribution in [0.5, 0.6) is 5.75 Å². The zero-order chi connectivity index (χ0) is 13.1. The second-order valence-electron chi connectivity index (χ2n) is 4.87. The maximum absolute atomic E-state index is 13.8. The maximum Gasteiger partial charge on any atom is 0.217 e. The Bertz CT molecular complexity index is 443. The minimum absolute atomic E-state index is 0.128. The standard InChI is InChI=1S/C14H18FNO2/c1-9(16-10(2)17)12-5-6-14(13(15)7-12)18-8-11-3-4-11/h5-7,9,11H,3-4,8H2,1-2H3,(H,16,17)/t9-/m0/s1. The Kier molecular flexibility index (Phi) is 3.84. The van der Waals surface area contributed by atoms with E-state index in [0.29, 0.717) is 18.3 Å². The summed E-state index contributed by atoms with van der Waals surface area (Å²) in [5, 5.41) is 2.72. The average Bonchev–Trinajstić information content (AvgIpc) is 3.10. The highest BCUT2D eigenvalue weighted by Gasteiger charge is 2.22. The van der Waals surface area contributed by atoms with Gasteiger partial charge in [0.25, 0.3) is 0 Å². The number of ether oxygens (including phenoxy) is 1. The van der Waals surface area contributed by atoms with Crippen molar-refractivity contribution in [3.05, 3.63) is 29.6 Å². The molecule has 18 heavy (non-hydrogen) atoms. The number of carbonyl (C=O) groups is 1. The first-order chi connectivity index (χ1) is 8.56. The number of rotatable bonds is 5. The van der Waals surface area contributed by atoms with Crippen molar-refractivity contribution in [1.82, 2.24) is 5.32 Å². The van der Waals surface area contributed by atoms with E-state index in [1.807, 2.05) is 6.92 Å². The molecule has 3 nitrogen and oxygen atoms in total. The molecule has 0 unspecified atom stereocenters. The van der Waals surface area contributed by atoms with Gasteiger partial charge in [-0.15, -0.1) is 0 Å². The Labute approximate surface area is 106 Å². The van der Waals surface area contributed by atoms with Gasteiger partial charge in [0, 0.05) is 6.92 Å². The second kappa shape index (κ2) is 5.38. The van der Waals surface area contributed by atoms with Crippen LogP contribution in [-0.4, -0.2) is 12.5 Å². The number of amides is 1. The third kappa shape index (κ3) is 3.45. The summed E-state index contributed by atoms with van der Waals surface area (Å²) < 4.78 is 19.2. The molecule has 1 aromatic rings. The lowest BCUT2D eigenvalue weighted by Crippen LogP contribution is -2.23. The molecule has 0 aromatic heterocycles. The fraction of sp³-hybridized carbons (Fsp3) is 0.500. The van der Waals surface area contributed by atoms with Crippen LogP contribution in [0, 0.1) is 11.7 Å². The van der Waals surface area contributed by atoms with E-state index < -0.39 is 0 Å². The molecule has 2 rings (SSSR count). The van der Waals surface area contributed by atoms with E-state index in [9.17, 15) is 9.18 Å². The van der Waals surface area contributed by atoms with Gasteiger partial charge >= 0.3 is 0 Å². The van der Waals surface area contributed by atoms with E-state index >= 15 is 0 Å². The Morgan fingerprint density at radius 1 is 1.56 bits per heavy atom. The van der Waals surface area contributed by atoms with Crippen molar-refractivity contribution in [2.45, 2.75) is 32.7 Å². The molecular formula is C14H18FNO2. The highest BCUT2D eigenvalue weighted by Crippen LogP contribution is 2.30. The second-order valence-corrected chi connectivity index (χ2v) is 4.87. The molecule has 0 radical (unpaired) electrons. The van der Waals surface area contributed by atoms with E-state index in [-0.39, 0.29) is 17.8 Å². The molecule has 0 aliphatic heterocycles. The van der Waals surface area contributed by atoms with Gasteiger partial charge in [-0.2, -0.15) is 0 Å². The Hall–Kier alpha value is -1.58. The van der Waals surface area contributed by atoms with Crippen molar-refractivity contribution in [2.75, 3.05) is 6.61 Å². The van der Waals surface area contributed by atoms with Crippen molar-refractivity contribution in [3.63, 3.8) is 0 Å². The summed E-state index contributed by atoms with van der Waals surface area (Å²) in [5.41, 5.74) is 0.737. The van der Waals surface area contributed by atoms with E-state index in [1.54, 1.807) is 12.1 Å². The van der Waals surface area contributed by atoms with Gasteiger partial charge in [0.05, 0.1) is 12.6 Å². The minimum atomic E-state index is -0.370. The maximum atomic E-state index is 13.8. The zero-order valence-electron chi connectivity index (χ0n) is 10.7. The Balaban J connectivity index is 2.00. The van der Waals surface area contributed by atoms with E-state index in [4.69, 9.17) is 4.74 Å². The molecule has 1 aliphatic carbocycles. The van der Waals surface area contributed by atoms with Crippen molar-refractivity contribution in [3.8, 4) is 5.75 Å². The van der Waals surface area contributed by atoms with Crippen LogP contribution in [0.15, 0.2) is 18.2 Å². The third-order valence-corrected chi connectivity index (χ3v) is 3.05. The third-order valence-electron chi connectivity index (χ3n) is 3.05. The van der Waals surface area contributed by atoms with Gasteiger partial charge in [-0.25, -0.2) is 4.39 Å². The molecule has 1 N–H and O–H groups in total. The van der Waals surface area contributed by atoms with Gasteiger partial charge in [-0.05, 0) is 43.4 Å². The summed E-state index contributed by atoms with van der Waals surface area (Å²) in [6, 6.07) is 4.63. The average molecular weight is 251 g/mol. The summed E-state index contributed by atoms with van der Waals surface area (Å²) in [4.78, 5) is 10.9. The monoisotopic (exact) mass is 251 g/mol. The number of benzene rings is 1. The number of carbonyl (C=O) groups excluding carboxylic acids is 1. The predicted molar refractivity (Wildman–Crippen MR) is 66.9 cm³/mol. The van der Waals surface area contributed by atoms with Crippen LogP contribution in [0.1, 0.15) is 38.3 Å². The Morgan fingerprint density at radius 3 is 2.83 bits per heavy atom. The van der Waals surface area contributed by atoms with Gasteiger partial charge in [0.15, 0.2) is 11.6 Å². The summed E-state index contributed by atoms with van der Waals surface area (Å²) in [6.45, 7) is 3.86. The van der Waals surface area contributed by atoms with Crippen molar-refractivity contribution >= 4 is 5.91 Å². The van der Waals surface area contributed by atoms with Crippen LogP contribution in [0.25, 0.3) is 0 Å². The minimum Gasteiger partial charge on any atom is -0.490 e. The molecule has 1 aliphatic rings. The lowest BCUT2D eigenvalue weighted by molar-refractivity contribution is -0.119. The fourth-order valence-corrected chi connectivity index (χ4v) is 1.78. The first-order valence-corrected chi connectivity index (χ1v) is 6.25. The molecule has 0 heterocycles. The zero-order valence-corrected chi connectivity index (χ0v) is 10.7. The molecule has 98 valence electrons. The fourth-order valence-electron chi connectivity index (χ4n) is 1.78. The first-order valence-electron chi connectivity index (χ1n) is 6.25. The molecule has 0 bridgehead atoms. The van der Waals surface area contributed by atoms with E-state index in [2.05, 4.69) is 5.32 Å². The largest absolute Gasteiger partial charge is 0.490 e. The summed E-state index contributed by atoms with van der Waals surface area (Å²) in [5.74, 6) is 0.394. The van der Waals surface area contributed by atoms with Gasteiger partial charge < -0.3 is 10.1 Å². The lowest BCUT2D eigenvalue weighted by Gasteiger charge is -2.14. The lowest BCUT2D eigenvalue weighted by atomic mass is 10.1. The molecule has 1 aromatic carbocycles. The van der Waals surface area contributed by atoms with Crippen LogP contribution in [0.3, 0.4) is 0 Å². The molecule has 1 saturated carbocycles. The molecule has 4 heteroatoms. The van der Waals surface area contributed by atoms with Crippen LogP contribution in [0.2, 0.25) is 0 Å². The van der Waals surface area contributed by atoms with Crippen molar-refractivity contribution < 1.29 is 13.9 Å². The van der Waals surface area contributed by atoms with Crippen molar-refractivity contribution in [1.29, 1.82) is 0 Å². The SMILES string of the molecule is CC(=O)N[C@@H](C)c1ccc(OCC2CC2)c(F)c1. The molecule has 0 spiro atoms. The van der Waals surface area contributed by atoms with Gasteiger partial charge in [0.1, 0.15) is 0 Å². The quantitative estimate of drug-likeness (QED) is 0.874. The van der Waals surface area contributed by atoms with E-state index in [1.165, 1.54) is 25.8 Å². The number of hydrogen-bond acceptors (Lipinski definition) is 2. The number of hydrogen-bond donors (Lipinski definition) is 1. The normalized spacial score (nSPS) is 16.2. The van der Waals surface area contributed by atoms with Crippen LogP contribution in [-0.2, 0) is 4.79 Å². The number of nitrogens with one attached hydrogen (secondary N) is 1. The highest BCUT2D eigenvalue weighted by atomic mass is 19.1. The smallest absolute Gasteiger partial charge is 0.217 e. The summed E-state index contributed by atoms with van der Waals surface area (Å²) in [7, 11) is 0. The number of halogens is 1. The molecular weight excluding hydrogens is 233 g/mol. The Morgan fingerprint density at radius 2 is 2.28 bits per heavy atom. The molecule has 1 atom stereocenters. The first kappa shape index (κ1) is 12.9. The highest BCUT2D eigenvalue weighted by molar-refractivity contribution is 5.73. The van der Waals surface area contributed by atoms with E-state index in [0.717, 1.165) is 5.56 Å².